The van der Waals surface area contributed by atoms with E-state index in [1.807, 2.05) is 18.2 Å². The van der Waals surface area contributed by atoms with Crippen molar-refractivity contribution in [2.45, 2.75) is 32.7 Å². The van der Waals surface area contributed by atoms with Gasteiger partial charge < -0.3 is 11.1 Å². The molecule has 3 N–H and O–H groups in total. The van der Waals surface area contributed by atoms with E-state index in [0.29, 0.717) is 16.1 Å². The van der Waals surface area contributed by atoms with Gasteiger partial charge in [0.15, 0.2) is 0 Å². The molecule has 1 fully saturated rings. The number of nitrogens with two attached hydrogens (primary N) is 1. The van der Waals surface area contributed by atoms with Crippen LogP contribution < -0.4 is 11.1 Å². The van der Waals surface area contributed by atoms with Gasteiger partial charge in [-0.3, -0.25) is 0 Å². The lowest BCUT2D eigenvalue weighted by Crippen LogP contribution is -2.23. The fraction of sp³-hybridized carbons (Fsp3) is 0.538. The first-order valence-electron chi connectivity index (χ1n) is 5.90. The molecule has 88 valence electrons. The maximum absolute atomic E-state index is 5.97. The summed E-state index contributed by atoms with van der Waals surface area (Å²) in [6, 6.07) is 5.83. The third-order valence-electron chi connectivity index (χ3n) is 3.60. The number of hydrogen-bond acceptors (Lipinski definition) is 2. The second-order valence-corrected chi connectivity index (χ2v) is 5.22. The highest BCUT2D eigenvalue weighted by atomic mass is 35.5. The first-order valence-corrected chi connectivity index (χ1v) is 6.28. The van der Waals surface area contributed by atoms with Gasteiger partial charge in [0.1, 0.15) is 0 Å². The zero-order valence-electron chi connectivity index (χ0n) is 9.72. The normalized spacial score (nSPS) is 17.4. The predicted molar refractivity (Wildman–Crippen MR) is 69.5 cm³/mol. The van der Waals surface area contributed by atoms with Crippen LogP contribution in [0.5, 0.6) is 0 Å². The maximum atomic E-state index is 5.97. The zero-order chi connectivity index (χ0) is 11.6. The van der Waals surface area contributed by atoms with E-state index in [0.717, 1.165) is 13.1 Å². The Labute approximate surface area is 102 Å². The Morgan fingerprint density at radius 2 is 2.19 bits per heavy atom. The average Bonchev–Trinajstić information content (AvgIpc) is 3.04. The molecule has 0 bridgehead atoms. The summed E-state index contributed by atoms with van der Waals surface area (Å²) in [5.74, 6) is 0. The third kappa shape index (κ3) is 2.69. The predicted octanol–water partition coefficient (Wildman–Crippen LogP) is 3.20. The first-order chi connectivity index (χ1) is 7.65. The van der Waals surface area contributed by atoms with Gasteiger partial charge in [-0.15, -0.1) is 0 Å². The van der Waals surface area contributed by atoms with E-state index < -0.39 is 0 Å². The monoisotopic (exact) mass is 238 g/mol. The minimum atomic E-state index is 0.595. The van der Waals surface area contributed by atoms with Crippen LogP contribution in [0.3, 0.4) is 0 Å². The summed E-state index contributed by atoms with van der Waals surface area (Å²) >= 11 is 5.97. The molecule has 3 heteroatoms. The van der Waals surface area contributed by atoms with Gasteiger partial charge in [0.25, 0.3) is 0 Å². The van der Waals surface area contributed by atoms with Crippen molar-refractivity contribution in [2.75, 3.05) is 12.3 Å². The summed E-state index contributed by atoms with van der Waals surface area (Å²) in [7, 11) is 0. The Balaban J connectivity index is 1.83. The molecule has 1 aliphatic rings. The maximum Gasteiger partial charge on any atom is 0.0638 e. The molecular weight excluding hydrogens is 220 g/mol. The van der Waals surface area contributed by atoms with Gasteiger partial charge in [-0.1, -0.05) is 24.6 Å². The number of hydrogen-bond donors (Lipinski definition) is 2. The van der Waals surface area contributed by atoms with Crippen LogP contribution in [0.1, 0.15) is 31.7 Å². The van der Waals surface area contributed by atoms with E-state index >= 15 is 0 Å². The molecule has 16 heavy (non-hydrogen) atoms. The number of benzene rings is 1. The molecule has 0 aromatic heterocycles. The standard InChI is InChI=1S/C13H19ClN2/c1-2-13(5-6-13)9-16-8-10-3-4-12(15)11(14)7-10/h3-4,7,16H,2,5-6,8-9,15H2,1H3. The molecule has 2 nitrogen and oxygen atoms in total. The Morgan fingerprint density at radius 1 is 1.44 bits per heavy atom. The summed E-state index contributed by atoms with van der Waals surface area (Å²) in [6.07, 6.45) is 4.03. The summed E-state index contributed by atoms with van der Waals surface area (Å²) in [5.41, 5.74) is 8.11. The SMILES string of the molecule is CCC1(CNCc2ccc(N)c(Cl)c2)CC1. The highest BCUT2D eigenvalue weighted by molar-refractivity contribution is 6.33. The van der Waals surface area contributed by atoms with Crippen LogP contribution >= 0.6 is 11.6 Å². The van der Waals surface area contributed by atoms with Gasteiger partial charge in [0, 0.05) is 13.1 Å². The van der Waals surface area contributed by atoms with Gasteiger partial charge in [0.2, 0.25) is 0 Å². The Morgan fingerprint density at radius 3 is 2.75 bits per heavy atom. The van der Waals surface area contributed by atoms with E-state index in [1.54, 1.807) is 0 Å². The fourth-order valence-corrected chi connectivity index (χ4v) is 2.19. The molecule has 0 aliphatic heterocycles. The first kappa shape index (κ1) is 11.7. The molecule has 1 aliphatic carbocycles. The second-order valence-electron chi connectivity index (χ2n) is 4.81. The van der Waals surface area contributed by atoms with Crippen molar-refractivity contribution in [1.29, 1.82) is 0 Å². The molecule has 0 saturated heterocycles. The van der Waals surface area contributed by atoms with Gasteiger partial charge in [-0.2, -0.15) is 0 Å². The fourth-order valence-electron chi connectivity index (χ4n) is 1.98. The Hall–Kier alpha value is -0.730. The van der Waals surface area contributed by atoms with Crippen LogP contribution in [0.15, 0.2) is 18.2 Å². The largest absolute Gasteiger partial charge is 0.398 e. The van der Waals surface area contributed by atoms with Crippen LogP contribution in [-0.4, -0.2) is 6.54 Å². The van der Waals surface area contributed by atoms with Gasteiger partial charge >= 0.3 is 0 Å². The molecule has 0 heterocycles. The molecule has 1 saturated carbocycles. The van der Waals surface area contributed by atoms with Crippen molar-refractivity contribution in [1.82, 2.24) is 5.32 Å². The van der Waals surface area contributed by atoms with Crippen LogP contribution in [-0.2, 0) is 6.54 Å². The number of nitrogens with one attached hydrogen (secondary N) is 1. The summed E-state index contributed by atoms with van der Waals surface area (Å²) in [5, 5.41) is 4.15. The quantitative estimate of drug-likeness (QED) is 0.774. The second kappa shape index (κ2) is 4.64. The molecule has 0 atom stereocenters. The zero-order valence-corrected chi connectivity index (χ0v) is 10.5. The van der Waals surface area contributed by atoms with Crippen molar-refractivity contribution in [2.24, 2.45) is 5.41 Å². The topological polar surface area (TPSA) is 38.0 Å². The molecule has 0 unspecified atom stereocenters. The molecule has 1 aromatic rings. The van der Waals surface area contributed by atoms with Crippen molar-refractivity contribution in [3.8, 4) is 0 Å². The van der Waals surface area contributed by atoms with E-state index in [-0.39, 0.29) is 0 Å². The molecule has 0 spiro atoms. The van der Waals surface area contributed by atoms with Crippen LogP contribution in [0.25, 0.3) is 0 Å². The van der Waals surface area contributed by atoms with E-state index in [2.05, 4.69) is 12.2 Å². The van der Waals surface area contributed by atoms with Crippen molar-refractivity contribution in [3.05, 3.63) is 28.8 Å². The lowest BCUT2D eigenvalue weighted by atomic mass is 10.0. The molecule has 0 amide bonds. The van der Waals surface area contributed by atoms with Gasteiger partial charge in [-0.25, -0.2) is 0 Å². The summed E-state index contributed by atoms with van der Waals surface area (Å²) in [4.78, 5) is 0. The number of anilines is 1. The summed E-state index contributed by atoms with van der Waals surface area (Å²) < 4.78 is 0. The summed E-state index contributed by atoms with van der Waals surface area (Å²) in [6.45, 7) is 4.27. The number of halogens is 1. The lowest BCUT2D eigenvalue weighted by molar-refractivity contribution is 0.443. The molecule has 1 aromatic carbocycles. The smallest absolute Gasteiger partial charge is 0.0638 e. The van der Waals surface area contributed by atoms with E-state index in [9.17, 15) is 0 Å². The third-order valence-corrected chi connectivity index (χ3v) is 3.93. The van der Waals surface area contributed by atoms with Crippen molar-refractivity contribution in [3.63, 3.8) is 0 Å². The minimum absolute atomic E-state index is 0.595. The Bertz CT molecular complexity index is 372. The van der Waals surface area contributed by atoms with E-state index in [4.69, 9.17) is 17.3 Å². The number of nitrogen functional groups attached to an aromatic ring is 1. The van der Waals surface area contributed by atoms with Crippen LogP contribution in [0.4, 0.5) is 5.69 Å². The Kier molecular flexibility index (Phi) is 3.41. The minimum Gasteiger partial charge on any atom is -0.398 e. The van der Waals surface area contributed by atoms with Crippen LogP contribution in [0, 0.1) is 5.41 Å². The van der Waals surface area contributed by atoms with Gasteiger partial charge in [0.05, 0.1) is 10.7 Å². The highest BCUT2D eigenvalue weighted by Gasteiger charge is 2.39. The molecule has 2 rings (SSSR count). The van der Waals surface area contributed by atoms with Crippen molar-refractivity contribution < 1.29 is 0 Å². The highest BCUT2D eigenvalue weighted by Crippen LogP contribution is 2.47. The number of rotatable bonds is 5. The van der Waals surface area contributed by atoms with Crippen LogP contribution in [0.2, 0.25) is 5.02 Å². The molecule has 0 radical (unpaired) electrons. The average molecular weight is 239 g/mol. The molecular formula is C13H19ClN2. The van der Waals surface area contributed by atoms with Crippen molar-refractivity contribution >= 4 is 17.3 Å². The van der Waals surface area contributed by atoms with Gasteiger partial charge in [-0.05, 0) is 42.4 Å². The van der Waals surface area contributed by atoms with E-state index in [1.165, 1.54) is 24.8 Å². The lowest BCUT2D eigenvalue weighted by Gasteiger charge is -2.13.